The Morgan fingerprint density at radius 3 is 2.32 bits per heavy atom. The lowest BCUT2D eigenvalue weighted by Crippen LogP contribution is -2.58. The molecule has 4 rings (SSSR count). The molecule has 0 spiro atoms. The second-order valence-electron chi connectivity index (χ2n) is 6.52. The van der Waals surface area contributed by atoms with E-state index in [2.05, 4.69) is 14.7 Å². The molecule has 2 heterocycles. The van der Waals surface area contributed by atoms with Gasteiger partial charge in [0.1, 0.15) is 11.6 Å². The summed E-state index contributed by atoms with van der Waals surface area (Å²) in [6.07, 6.45) is 4.72. The van der Waals surface area contributed by atoms with Gasteiger partial charge in [-0.05, 0) is 23.8 Å². The SMILES string of the molecule is O=C(c1ccccc1-c1cncnc1)N1CC(S(=O)(=O)Nc2ccccc2)C1. The monoisotopic (exact) mass is 394 g/mol. The lowest BCUT2D eigenvalue weighted by Gasteiger charge is -2.38. The van der Waals surface area contributed by atoms with E-state index in [4.69, 9.17) is 0 Å². The van der Waals surface area contributed by atoms with Crippen molar-refractivity contribution in [1.29, 1.82) is 0 Å². The quantitative estimate of drug-likeness (QED) is 0.717. The molecule has 1 saturated heterocycles. The van der Waals surface area contributed by atoms with Crippen LogP contribution in [0.4, 0.5) is 5.69 Å². The summed E-state index contributed by atoms with van der Waals surface area (Å²) in [6.45, 7) is 0.307. The zero-order valence-corrected chi connectivity index (χ0v) is 15.7. The van der Waals surface area contributed by atoms with Crippen LogP contribution in [0.5, 0.6) is 0 Å². The molecule has 0 aliphatic carbocycles. The molecule has 0 bridgehead atoms. The molecule has 1 fully saturated rings. The summed E-state index contributed by atoms with van der Waals surface area (Å²) in [5.41, 5.74) is 2.48. The molecular weight excluding hydrogens is 376 g/mol. The molecular formula is C20H18N4O3S. The molecule has 142 valence electrons. The van der Waals surface area contributed by atoms with Crippen LogP contribution >= 0.6 is 0 Å². The fourth-order valence-corrected chi connectivity index (χ4v) is 4.47. The summed E-state index contributed by atoms with van der Waals surface area (Å²) in [4.78, 5) is 22.5. The lowest BCUT2D eigenvalue weighted by atomic mass is 10.00. The fraction of sp³-hybridized carbons (Fsp3) is 0.150. The Morgan fingerprint density at radius 2 is 1.61 bits per heavy atom. The lowest BCUT2D eigenvalue weighted by molar-refractivity contribution is 0.0660. The number of benzene rings is 2. The summed E-state index contributed by atoms with van der Waals surface area (Å²) in [5, 5.41) is -0.635. The smallest absolute Gasteiger partial charge is 0.254 e. The van der Waals surface area contributed by atoms with Gasteiger partial charge in [-0.3, -0.25) is 9.52 Å². The van der Waals surface area contributed by atoms with Crippen LogP contribution in [-0.4, -0.2) is 47.5 Å². The molecule has 7 nitrogen and oxygen atoms in total. The topological polar surface area (TPSA) is 92.3 Å². The first-order valence-corrected chi connectivity index (χ1v) is 10.3. The normalized spacial score (nSPS) is 14.4. The van der Waals surface area contributed by atoms with Gasteiger partial charge in [0.05, 0.1) is 0 Å². The molecule has 2 aromatic carbocycles. The number of aromatic nitrogens is 2. The number of anilines is 1. The Hall–Kier alpha value is -3.26. The zero-order valence-electron chi connectivity index (χ0n) is 14.9. The van der Waals surface area contributed by atoms with Crippen molar-refractivity contribution >= 4 is 21.6 Å². The molecule has 8 heteroatoms. The molecule has 1 N–H and O–H groups in total. The second kappa shape index (κ2) is 7.40. The van der Waals surface area contributed by atoms with Crippen LogP contribution in [0.25, 0.3) is 11.1 Å². The highest BCUT2D eigenvalue weighted by Crippen LogP contribution is 2.27. The Balaban J connectivity index is 1.48. The van der Waals surface area contributed by atoms with Gasteiger partial charge in [-0.2, -0.15) is 0 Å². The molecule has 3 aromatic rings. The van der Waals surface area contributed by atoms with Crippen molar-refractivity contribution in [1.82, 2.24) is 14.9 Å². The zero-order chi connectivity index (χ0) is 19.6. The number of nitrogens with one attached hydrogen (secondary N) is 1. The van der Waals surface area contributed by atoms with Crippen LogP contribution in [0.2, 0.25) is 0 Å². The molecule has 1 amide bonds. The average Bonchev–Trinajstić information content (AvgIpc) is 2.67. The molecule has 0 unspecified atom stereocenters. The Labute approximate surface area is 163 Å². The Bertz CT molecular complexity index is 1080. The predicted molar refractivity (Wildman–Crippen MR) is 106 cm³/mol. The predicted octanol–water partition coefficient (Wildman–Crippen LogP) is 2.41. The summed E-state index contributed by atoms with van der Waals surface area (Å²) in [5.74, 6) is -0.203. The number of nitrogens with zero attached hydrogens (tertiary/aromatic N) is 3. The maximum atomic E-state index is 12.9. The van der Waals surface area contributed by atoms with Gasteiger partial charge in [0.2, 0.25) is 10.0 Å². The second-order valence-corrected chi connectivity index (χ2v) is 8.48. The van der Waals surface area contributed by atoms with Crippen molar-refractivity contribution in [2.24, 2.45) is 0 Å². The molecule has 1 aromatic heterocycles. The number of carbonyl (C=O) groups is 1. The first kappa shape index (κ1) is 18.1. The standard InChI is InChI=1S/C20H18N4O3S/c25-20(19-9-5-4-8-18(19)15-10-21-14-22-11-15)24-12-17(13-24)28(26,27)23-16-6-2-1-3-7-16/h1-11,14,17,23H,12-13H2. The average molecular weight is 394 g/mol. The molecule has 28 heavy (non-hydrogen) atoms. The third-order valence-electron chi connectivity index (χ3n) is 4.64. The van der Waals surface area contributed by atoms with Crippen LogP contribution in [0.1, 0.15) is 10.4 Å². The van der Waals surface area contributed by atoms with E-state index in [-0.39, 0.29) is 19.0 Å². The summed E-state index contributed by atoms with van der Waals surface area (Å²) < 4.78 is 27.6. The van der Waals surface area contributed by atoms with Crippen molar-refractivity contribution in [3.8, 4) is 11.1 Å². The van der Waals surface area contributed by atoms with Crippen LogP contribution in [-0.2, 0) is 10.0 Å². The van der Waals surface area contributed by atoms with Gasteiger partial charge in [0, 0.05) is 42.3 Å². The van der Waals surface area contributed by atoms with Crippen LogP contribution < -0.4 is 4.72 Å². The van der Waals surface area contributed by atoms with Crippen molar-refractivity contribution in [3.63, 3.8) is 0 Å². The number of amides is 1. The Kier molecular flexibility index (Phi) is 4.79. The largest absolute Gasteiger partial charge is 0.336 e. The first-order chi connectivity index (χ1) is 13.5. The van der Waals surface area contributed by atoms with E-state index < -0.39 is 15.3 Å². The fourth-order valence-electron chi connectivity index (χ4n) is 3.08. The van der Waals surface area contributed by atoms with Crippen molar-refractivity contribution in [2.45, 2.75) is 5.25 Å². The summed E-state index contributed by atoms with van der Waals surface area (Å²) in [6, 6.07) is 15.9. The first-order valence-electron chi connectivity index (χ1n) is 8.75. The molecule has 1 aliphatic heterocycles. The van der Waals surface area contributed by atoms with Crippen LogP contribution in [0.3, 0.4) is 0 Å². The van der Waals surface area contributed by atoms with E-state index in [0.717, 1.165) is 11.1 Å². The van der Waals surface area contributed by atoms with Crippen molar-refractivity contribution in [2.75, 3.05) is 17.8 Å². The number of hydrogen-bond acceptors (Lipinski definition) is 5. The number of carbonyl (C=O) groups excluding carboxylic acids is 1. The van der Waals surface area contributed by atoms with Gasteiger partial charge in [0.25, 0.3) is 5.91 Å². The van der Waals surface area contributed by atoms with Gasteiger partial charge >= 0.3 is 0 Å². The van der Waals surface area contributed by atoms with Gasteiger partial charge in [-0.1, -0.05) is 36.4 Å². The third-order valence-corrected chi connectivity index (χ3v) is 6.33. The number of para-hydroxylation sites is 1. The third kappa shape index (κ3) is 3.59. The van der Waals surface area contributed by atoms with E-state index in [9.17, 15) is 13.2 Å². The minimum Gasteiger partial charge on any atom is -0.336 e. The van der Waals surface area contributed by atoms with Gasteiger partial charge in [0.15, 0.2) is 0 Å². The van der Waals surface area contributed by atoms with E-state index in [1.165, 1.54) is 11.2 Å². The highest BCUT2D eigenvalue weighted by molar-refractivity contribution is 7.93. The number of sulfonamides is 1. The van der Waals surface area contributed by atoms with Gasteiger partial charge < -0.3 is 4.90 Å². The van der Waals surface area contributed by atoms with Gasteiger partial charge in [-0.15, -0.1) is 0 Å². The minimum absolute atomic E-state index is 0.153. The highest BCUT2D eigenvalue weighted by Gasteiger charge is 2.40. The highest BCUT2D eigenvalue weighted by atomic mass is 32.2. The molecule has 0 radical (unpaired) electrons. The Morgan fingerprint density at radius 1 is 0.964 bits per heavy atom. The molecule has 1 aliphatic rings. The molecule has 0 atom stereocenters. The van der Waals surface area contributed by atoms with Gasteiger partial charge in [-0.25, -0.2) is 18.4 Å². The summed E-state index contributed by atoms with van der Waals surface area (Å²) in [7, 11) is -3.55. The maximum Gasteiger partial charge on any atom is 0.254 e. The number of hydrogen-bond donors (Lipinski definition) is 1. The van der Waals surface area contributed by atoms with Crippen LogP contribution in [0, 0.1) is 0 Å². The van der Waals surface area contributed by atoms with E-state index >= 15 is 0 Å². The summed E-state index contributed by atoms with van der Waals surface area (Å²) >= 11 is 0. The molecule has 0 saturated carbocycles. The van der Waals surface area contributed by atoms with E-state index in [0.29, 0.717) is 11.3 Å². The van der Waals surface area contributed by atoms with Crippen molar-refractivity contribution < 1.29 is 13.2 Å². The van der Waals surface area contributed by atoms with E-state index in [1.807, 2.05) is 18.2 Å². The van der Waals surface area contributed by atoms with Crippen molar-refractivity contribution in [3.05, 3.63) is 78.9 Å². The minimum atomic E-state index is -3.55. The van der Waals surface area contributed by atoms with Crippen LogP contribution in [0.15, 0.2) is 73.3 Å². The number of rotatable bonds is 5. The number of likely N-dealkylation sites (tertiary alicyclic amines) is 1. The van der Waals surface area contributed by atoms with E-state index in [1.54, 1.807) is 48.8 Å². The maximum absolute atomic E-state index is 12.9.